The zero-order valence-corrected chi connectivity index (χ0v) is 12.9. The van der Waals surface area contributed by atoms with Crippen molar-refractivity contribution in [3.05, 3.63) is 46.2 Å². The lowest BCUT2D eigenvalue weighted by molar-refractivity contribution is 0.748. The van der Waals surface area contributed by atoms with E-state index in [0.717, 1.165) is 15.9 Å². The normalized spacial score (nSPS) is 15.4. The van der Waals surface area contributed by atoms with Crippen molar-refractivity contribution in [1.82, 2.24) is 9.97 Å². The maximum Gasteiger partial charge on any atom is 0.186 e. The van der Waals surface area contributed by atoms with Crippen molar-refractivity contribution in [2.75, 3.05) is 6.54 Å². The van der Waals surface area contributed by atoms with Crippen molar-refractivity contribution >= 4 is 39.3 Å². The zero-order chi connectivity index (χ0) is 14.1. The van der Waals surface area contributed by atoms with Crippen LogP contribution >= 0.6 is 23.4 Å². The summed E-state index contributed by atoms with van der Waals surface area (Å²) in [5.74, 6) is 1.13. The van der Waals surface area contributed by atoms with Gasteiger partial charge in [0.15, 0.2) is 5.82 Å². The number of aromatic nitrogens is 2. The van der Waals surface area contributed by atoms with Crippen LogP contribution in [0.15, 0.2) is 40.2 Å². The molecule has 1 aliphatic rings. The van der Waals surface area contributed by atoms with E-state index >= 15 is 0 Å². The van der Waals surface area contributed by atoms with E-state index in [4.69, 9.17) is 11.6 Å². The Hall–Kier alpha value is -1.39. The molecule has 3 rings (SSSR count). The predicted molar refractivity (Wildman–Crippen MR) is 86.5 cm³/mol. The average Bonchev–Trinajstić information content (AvgIpc) is 2.47. The van der Waals surface area contributed by atoms with Gasteiger partial charge in [-0.25, -0.2) is 9.97 Å². The molecular weight excluding hydrogens is 290 g/mol. The molecule has 0 amide bonds. The second-order valence-corrected chi connectivity index (χ2v) is 6.16. The lowest BCUT2D eigenvalue weighted by atomic mass is 10.1. The zero-order valence-electron chi connectivity index (χ0n) is 11.3. The minimum Gasteiger partial charge on any atom is -0.270 e. The highest BCUT2D eigenvalue weighted by molar-refractivity contribution is 8.16. The molecule has 102 valence electrons. The first-order valence-corrected chi connectivity index (χ1v) is 7.73. The summed E-state index contributed by atoms with van der Waals surface area (Å²) >= 11 is 7.80. The van der Waals surface area contributed by atoms with Crippen molar-refractivity contribution in [2.45, 2.75) is 13.8 Å². The molecular formula is C15H14ClN3S. The first kappa shape index (κ1) is 13.6. The number of hydrogen-bond donors (Lipinski definition) is 0. The Morgan fingerprint density at radius 1 is 1.20 bits per heavy atom. The Morgan fingerprint density at radius 3 is 2.70 bits per heavy atom. The van der Waals surface area contributed by atoms with Crippen LogP contribution in [0.25, 0.3) is 10.9 Å². The third-order valence-electron chi connectivity index (χ3n) is 3.22. The Bertz CT molecular complexity index is 722. The highest BCUT2D eigenvalue weighted by Gasteiger charge is 2.16. The van der Waals surface area contributed by atoms with Crippen molar-refractivity contribution < 1.29 is 0 Å². The molecule has 1 aliphatic heterocycles. The molecule has 2 heterocycles. The lowest BCUT2D eigenvalue weighted by Crippen LogP contribution is -2.10. The monoisotopic (exact) mass is 303 g/mol. The third kappa shape index (κ3) is 2.58. The van der Waals surface area contributed by atoms with Crippen molar-refractivity contribution in [3.63, 3.8) is 0 Å². The Kier molecular flexibility index (Phi) is 3.76. The van der Waals surface area contributed by atoms with E-state index in [1.165, 1.54) is 5.57 Å². The summed E-state index contributed by atoms with van der Waals surface area (Å²) in [7, 11) is 0. The molecule has 1 aromatic carbocycles. The van der Waals surface area contributed by atoms with Crippen molar-refractivity contribution in [1.29, 1.82) is 0 Å². The minimum absolute atomic E-state index is 0.479. The molecule has 0 radical (unpaired) electrons. The molecule has 0 atom stereocenters. The predicted octanol–water partition coefficient (Wildman–Crippen LogP) is 4.32. The summed E-state index contributed by atoms with van der Waals surface area (Å²) in [4.78, 5) is 13.5. The molecule has 20 heavy (non-hydrogen) atoms. The molecule has 1 aromatic heterocycles. The van der Waals surface area contributed by atoms with Crippen LogP contribution in [0.3, 0.4) is 0 Å². The number of benzene rings is 1. The Morgan fingerprint density at radius 2 is 2.00 bits per heavy atom. The summed E-state index contributed by atoms with van der Waals surface area (Å²) in [6, 6.07) is 7.74. The van der Waals surface area contributed by atoms with E-state index in [-0.39, 0.29) is 0 Å². The maximum absolute atomic E-state index is 6.23. The largest absolute Gasteiger partial charge is 0.270 e. The SMILES string of the molecule is CC(C)C1=CSC(c2nc(Cl)c3ccccc3n2)=NC1. The number of rotatable bonds is 2. The van der Waals surface area contributed by atoms with E-state index < -0.39 is 0 Å². The van der Waals surface area contributed by atoms with E-state index in [0.29, 0.717) is 23.4 Å². The molecule has 0 spiro atoms. The van der Waals surface area contributed by atoms with Gasteiger partial charge in [-0.2, -0.15) is 0 Å². The van der Waals surface area contributed by atoms with E-state index in [2.05, 4.69) is 34.2 Å². The van der Waals surface area contributed by atoms with Crippen LogP contribution in [0.2, 0.25) is 5.15 Å². The van der Waals surface area contributed by atoms with Gasteiger partial charge in [0.2, 0.25) is 0 Å². The third-order valence-corrected chi connectivity index (χ3v) is 4.46. The van der Waals surface area contributed by atoms with Gasteiger partial charge in [-0.15, -0.1) is 0 Å². The number of nitrogens with zero attached hydrogens (tertiary/aromatic N) is 3. The summed E-state index contributed by atoms with van der Waals surface area (Å²) in [6.45, 7) is 5.07. The molecule has 2 aromatic rings. The smallest absolute Gasteiger partial charge is 0.186 e. The van der Waals surface area contributed by atoms with Crippen LogP contribution < -0.4 is 0 Å². The maximum atomic E-state index is 6.23. The summed E-state index contributed by atoms with van der Waals surface area (Å²) < 4.78 is 0. The number of aliphatic imine (C=N–C) groups is 1. The molecule has 0 bridgehead atoms. The number of halogens is 1. The molecule has 0 saturated carbocycles. The second kappa shape index (κ2) is 5.54. The lowest BCUT2D eigenvalue weighted by Gasteiger charge is -2.14. The molecule has 3 nitrogen and oxygen atoms in total. The fourth-order valence-electron chi connectivity index (χ4n) is 1.94. The van der Waals surface area contributed by atoms with Gasteiger partial charge in [0.1, 0.15) is 10.2 Å². The molecule has 0 fully saturated rings. The summed E-state index contributed by atoms with van der Waals surface area (Å²) in [5.41, 5.74) is 2.19. The van der Waals surface area contributed by atoms with Crippen LogP contribution in [-0.4, -0.2) is 21.6 Å². The van der Waals surface area contributed by atoms with Crippen molar-refractivity contribution in [2.24, 2.45) is 10.9 Å². The number of hydrogen-bond acceptors (Lipinski definition) is 4. The van der Waals surface area contributed by atoms with Gasteiger partial charge in [0.05, 0.1) is 12.1 Å². The highest BCUT2D eigenvalue weighted by atomic mass is 35.5. The van der Waals surface area contributed by atoms with E-state index in [1.54, 1.807) is 11.8 Å². The fourth-order valence-corrected chi connectivity index (χ4v) is 3.13. The van der Waals surface area contributed by atoms with Crippen molar-refractivity contribution in [3.8, 4) is 0 Å². The van der Waals surface area contributed by atoms with Gasteiger partial charge < -0.3 is 0 Å². The molecule has 0 saturated heterocycles. The molecule has 0 aliphatic carbocycles. The van der Waals surface area contributed by atoms with E-state index in [9.17, 15) is 0 Å². The first-order chi connectivity index (χ1) is 9.65. The number of thioether (sulfide) groups is 1. The molecule has 0 unspecified atom stereocenters. The molecule has 0 N–H and O–H groups in total. The van der Waals surface area contributed by atoms with Crippen LogP contribution in [-0.2, 0) is 0 Å². The minimum atomic E-state index is 0.479. The standard InChI is InChI=1S/C15H14ClN3S/c1-9(2)10-7-17-15(20-8-10)14-18-12-6-4-3-5-11(12)13(16)19-14/h3-6,8-9H,7H2,1-2H3. The van der Waals surface area contributed by atoms with Crippen LogP contribution in [0.4, 0.5) is 0 Å². The van der Waals surface area contributed by atoms with Crippen LogP contribution in [0, 0.1) is 5.92 Å². The van der Waals surface area contributed by atoms with Gasteiger partial charge in [0.25, 0.3) is 0 Å². The number of fused-ring (bicyclic) bond motifs is 1. The highest BCUT2D eigenvalue weighted by Crippen LogP contribution is 2.26. The van der Waals surface area contributed by atoms with Crippen LogP contribution in [0.5, 0.6) is 0 Å². The topological polar surface area (TPSA) is 38.1 Å². The first-order valence-electron chi connectivity index (χ1n) is 6.48. The van der Waals surface area contributed by atoms with E-state index in [1.807, 2.05) is 24.3 Å². The average molecular weight is 304 g/mol. The molecule has 5 heteroatoms. The van der Waals surface area contributed by atoms with Gasteiger partial charge in [-0.3, -0.25) is 4.99 Å². The van der Waals surface area contributed by atoms with Crippen LogP contribution in [0.1, 0.15) is 19.7 Å². The summed E-state index contributed by atoms with van der Waals surface area (Å²) in [6.07, 6.45) is 0. The van der Waals surface area contributed by atoms with Gasteiger partial charge in [0, 0.05) is 5.39 Å². The van der Waals surface area contributed by atoms with Gasteiger partial charge in [-0.1, -0.05) is 49.3 Å². The Labute approximate surface area is 127 Å². The summed E-state index contributed by atoms with van der Waals surface area (Å²) in [5, 5.41) is 4.34. The van der Waals surface area contributed by atoms with Gasteiger partial charge >= 0.3 is 0 Å². The quantitative estimate of drug-likeness (QED) is 0.776. The fraction of sp³-hybridized carbons (Fsp3) is 0.267. The van der Waals surface area contributed by atoms with Gasteiger partial charge in [-0.05, 0) is 29.0 Å². The number of para-hydroxylation sites is 1. The second-order valence-electron chi connectivity index (χ2n) is 4.94. The Balaban J connectivity index is 1.96.